The molecule has 2 aromatic heterocycles. The Morgan fingerprint density at radius 2 is 1.52 bits per heavy atom. The largest absolute Gasteiger partial charge is 0.504 e. The van der Waals surface area contributed by atoms with Crippen molar-refractivity contribution < 1.29 is 89.9 Å². The second-order valence-electron chi connectivity index (χ2n) is 25.3. The Morgan fingerprint density at radius 1 is 0.833 bits per heavy atom. The van der Waals surface area contributed by atoms with Crippen LogP contribution in [-0.4, -0.2) is 195 Å². The van der Waals surface area contributed by atoms with Crippen LogP contribution in [0.2, 0.25) is 0 Å². The van der Waals surface area contributed by atoms with E-state index in [-0.39, 0.29) is 91.5 Å². The van der Waals surface area contributed by atoms with Gasteiger partial charge in [0.05, 0.1) is 69.2 Å². The normalized spacial score (nSPS) is 19.9. The number of aliphatic hydroxyl groups excluding tert-OH is 4. The summed E-state index contributed by atoms with van der Waals surface area (Å²) >= 11 is 6.61. The lowest BCUT2D eigenvalue weighted by molar-refractivity contribution is -0.277. The van der Waals surface area contributed by atoms with Gasteiger partial charge in [0, 0.05) is 95.1 Å². The molecule has 6 atom stereocenters. The number of fused-ring (bicyclic) bond motifs is 4. The highest BCUT2D eigenvalue weighted by Crippen LogP contribution is 2.48. The van der Waals surface area contributed by atoms with E-state index in [9.17, 15) is 53.1 Å². The summed E-state index contributed by atoms with van der Waals surface area (Å²) in [6, 6.07) is 14.3. The summed E-state index contributed by atoms with van der Waals surface area (Å²) in [5.74, 6) is -3.27. The van der Waals surface area contributed by atoms with E-state index < -0.39 is 111 Å². The molecule has 0 aliphatic carbocycles. The highest BCUT2D eigenvalue weighted by Gasteiger charge is 2.46. The number of H-pyrrole nitrogens is 1. The summed E-state index contributed by atoms with van der Waals surface area (Å²) in [6.45, 7) is 17.2. The number of hydrogen-bond donors (Lipinski definition) is 6. The van der Waals surface area contributed by atoms with Crippen LogP contribution >= 0.6 is 11.6 Å². The molecule has 9 rings (SSSR count). The number of imide groups is 1. The Hall–Kier alpha value is -7.60. The van der Waals surface area contributed by atoms with E-state index in [0.29, 0.717) is 33.3 Å². The first-order valence-electron chi connectivity index (χ1n) is 29.0. The highest BCUT2D eigenvalue weighted by atomic mass is 35.5. The number of benzene rings is 4. The summed E-state index contributed by atoms with van der Waals surface area (Å²) < 4.78 is 77.6. The Kier molecular flexibility index (Phi) is 19.3. The molecule has 4 amide bonds. The number of anilines is 1. The number of ether oxygens (including phenoxy) is 6. The summed E-state index contributed by atoms with van der Waals surface area (Å²) in [5, 5.41) is 62.7. The van der Waals surface area contributed by atoms with E-state index in [4.69, 9.17) is 48.4 Å². The third-order valence-electron chi connectivity index (χ3n) is 15.7. The molecule has 3 aliphatic rings. The minimum atomic E-state index is -5.31. The molecule has 26 nitrogen and oxygen atoms in total. The smallest absolute Gasteiger partial charge is 0.501 e. The Bertz CT molecular complexity index is 3830. The van der Waals surface area contributed by atoms with Crippen LogP contribution in [0, 0.1) is 5.41 Å². The predicted molar refractivity (Wildman–Crippen MR) is 327 cm³/mol. The molecular formula is C62H76ClN7O19S. The van der Waals surface area contributed by atoms with Gasteiger partial charge in [-0.2, -0.15) is 0 Å². The van der Waals surface area contributed by atoms with Gasteiger partial charge in [-0.05, 0) is 94.1 Å². The van der Waals surface area contributed by atoms with Crippen molar-refractivity contribution in [3.05, 3.63) is 102 Å². The number of aromatic amines is 1. The summed E-state index contributed by atoms with van der Waals surface area (Å²) in [7, 11) is -2.32. The molecule has 0 spiro atoms. The van der Waals surface area contributed by atoms with Crippen molar-refractivity contribution in [2.45, 2.75) is 122 Å². The van der Waals surface area contributed by atoms with Crippen LogP contribution in [-0.2, 0) is 46.2 Å². The van der Waals surface area contributed by atoms with Crippen LogP contribution in [0.1, 0.15) is 100 Å². The molecular weight excluding hydrogens is 1210 g/mol. The molecule has 0 bridgehead atoms. The summed E-state index contributed by atoms with van der Waals surface area (Å²) in [4.78, 5) is 60.5. The van der Waals surface area contributed by atoms with Crippen LogP contribution in [0.4, 0.5) is 5.69 Å². The van der Waals surface area contributed by atoms with Gasteiger partial charge in [0.1, 0.15) is 35.9 Å². The van der Waals surface area contributed by atoms with Crippen molar-refractivity contribution >= 4 is 73.0 Å². The number of carbonyl (C=O) groups excluding carboxylic acids is 4. The van der Waals surface area contributed by atoms with Crippen LogP contribution < -0.4 is 27.5 Å². The van der Waals surface area contributed by atoms with Gasteiger partial charge in [-0.1, -0.05) is 32.9 Å². The van der Waals surface area contributed by atoms with Gasteiger partial charge in [0.2, 0.25) is 6.29 Å². The van der Waals surface area contributed by atoms with E-state index in [2.05, 4.69) is 15.3 Å². The van der Waals surface area contributed by atoms with Crippen LogP contribution in [0.3, 0.4) is 0 Å². The minimum absolute atomic E-state index is 0.0504. The topological polar surface area (TPSA) is 334 Å². The van der Waals surface area contributed by atoms with Crippen LogP contribution in [0.5, 0.6) is 34.5 Å². The number of phenolic OH excluding ortho intramolecular Hbond substituents is 1. The second kappa shape index (κ2) is 25.9. The lowest BCUT2D eigenvalue weighted by Crippen LogP contribution is -2.60. The lowest BCUT2D eigenvalue weighted by Gasteiger charge is -2.39. The zero-order chi connectivity index (χ0) is 65.6. The van der Waals surface area contributed by atoms with Gasteiger partial charge >= 0.3 is 10.4 Å². The average Bonchev–Trinajstić information content (AvgIpc) is 1.59. The first-order chi connectivity index (χ1) is 42.3. The zero-order valence-electron chi connectivity index (χ0n) is 51.8. The second-order valence-corrected chi connectivity index (χ2v) is 26.7. The average molecular weight is 1290 g/mol. The molecule has 4 aromatic carbocycles. The molecule has 0 unspecified atom stereocenters. The number of nitrogens with one attached hydrogen (secondary N) is 1. The van der Waals surface area contributed by atoms with E-state index >= 15 is 0 Å². The monoisotopic (exact) mass is 1290 g/mol. The first-order valence-corrected chi connectivity index (χ1v) is 30.9. The SMILES string of the molecule is CCOc1cc2cc(C(=O)N3C[C@@H](CCl)c4c3cc(OS(=O)(=O)Oc3cc(C(=O)N(C)CC(C)(C)COC(C)(C)Cn5cc(C(C)(C)COC(C)(C)CN6C(=O)C=CC6=O)nn5)ccc3O[C@@H]3O[C@H](CO)[C@H](O)[C@H](O)[C@H]3O)c3ccc(OC)cc43)[nH]c2cc1O. The van der Waals surface area contributed by atoms with Gasteiger partial charge in [-0.25, -0.2) is 4.68 Å². The van der Waals surface area contributed by atoms with Crippen molar-refractivity contribution in [3.8, 4) is 34.5 Å². The number of halogens is 1. The van der Waals surface area contributed by atoms with Gasteiger partial charge < -0.3 is 77.1 Å². The van der Waals surface area contributed by atoms with Crippen molar-refractivity contribution in [2.75, 3.05) is 71.0 Å². The molecule has 28 heteroatoms. The Morgan fingerprint density at radius 3 is 2.20 bits per heavy atom. The number of hydrogen-bond acceptors (Lipinski definition) is 21. The van der Waals surface area contributed by atoms with Crippen molar-refractivity contribution in [1.29, 1.82) is 0 Å². The molecule has 6 aromatic rings. The highest BCUT2D eigenvalue weighted by molar-refractivity contribution is 7.82. The minimum Gasteiger partial charge on any atom is -0.504 e. The number of phenols is 1. The number of amides is 4. The maximum absolute atomic E-state index is 14.6. The number of aromatic hydroxyl groups is 1. The Balaban J connectivity index is 0.937. The van der Waals surface area contributed by atoms with E-state index in [1.54, 1.807) is 62.0 Å². The van der Waals surface area contributed by atoms with Crippen molar-refractivity contribution in [3.63, 3.8) is 0 Å². The standard InChI is InChI=1S/C62H76ClN7O19S/c1-12-83-46-21-35-19-41(64-40(35)23-43(46)72)57(79)69-26-36(25-63)52-39-22-37(82-11)14-15-38(39)45(24-42(52)69)88-90(80,81)89-47-20-34(13-16-44(47)86-58-55(77)54(76)53(75)48(28-71)87-58)56(78)67(10)29-59(2,3)32-84-61(6,7)30-68-27-49(65-66-68)60(4,5)33-85-62(8,9)31-70-50(73)17-18-51(70)74/h13-24,27,36,48,53-55,58,64,71-72,75-77H,12,25-26,28-33H2,1-11H3/t36-,48-,53+,54+,55-,58-/m1/s1. The number of carbonyl (C=O) groups is 4. The number of alkyl halides is 1. The maximum atomic E-state index is 14.6. The van der Waals surface area contributed by atoms with E-state index in [1.165, 1.54) is 60.4 Å². The number of rotatable bonds is 26. The maximum Gasteiger partial charge on any atom is 0.501 e. The van der Waals surface area contributed by atoms with Crippen LogP contribution in [0.15, 0.2) is 79.0 Å². The van der Waals surface area contributed by atoms with Gasteiger partial charge in [0.15, 0.2) is 28.7 Å². The molecule has 0 saturated carbocycles. The third kappa shape index (κ3) is 14.6. The quantitative estimate of drug-likeness (QED) is 0.0289. The van der Waals surface area contributed by atoms with E-state index in [0.717, 1.165) is 11.0 Å². The van der Waals surface area contributed by atoms with Gasteiger partial charge in [-0.15, -0.1) is 25.1 Å². The predicted octanol–water partition coefficient (Wildman–Crippen LogP) is 5.48. The molecule has 5 heterocycles. The fourth-order valence-electron chi connectivity index (χ4n) is 10.9. The fourth-order valence-corrected chi connectivity index (χ4v) is 11.9. The molecule has 90 heavy (non-hydrogen) atoms. The van der Waals surface area contributed by atoms with Gasteiger partial charge in [0.25, 0.3) is 23.6 Å². The fraction of sp³-hybridized carbons (Fsp3) is 0.484. The lowest BCUT2D eigenvalue weighted by atomic mass is 9.90. The van der Waals surface area contributed by atoms with Crippen molar-refractivity contribution in [1.82, 2.24) is 29.8 Å². The number of aromatic nitrogens is 4. The Labute approximate surface area is 525 Å². The van der Waals surface area contributed by atoms with Crippen molar-refractivity contribution in [2.24, 2.45) is 5.41 Å². The molecule has 6 N–H and O–H groups in total. The first kappa shape index (κ1) is 66.8. The van der Waals surface area contributed by atoms with Gasteiger partial charge in [-0.3, -0.25) is 24.1 Å². The van der Waals surface area contributed by atoms with Crippen LogP contribution in [0.25, 0.3) is 21.7 Å². The number of nitrogens with zero attached hydrogens (tertiary/aromatic N) is 6. The zero-order valence-corrected chi connectivity index (χ0v) is 53.3. The third-order valence-corrected chi connectivity index (χ3v) is 16.8. The summed E-state index contributed by atoms with van der Waals surface area (Å²) in [6.07, 6.45) is -4.57. The molecule has 486 valence electrons. The molecule has 0 radical (unpaired) electrons. The van der Waals surface area contributed by atoms with E-state index in [1.807, 2.05) is 41.5 Å². The number of aliphatic hydroxyl groups is 4. The molecule has 3 aliphatic heterocycles. The summed E-state index contributed by atoms with van der Waals surface area (Å²) in [5.41, 5.74) is -1.04. The number of methoxy groups -OCH3 is 1. The molecule has 1 saturated heterocycles. The molecule has 1 fully saturated rings.